The zero-order valence-corrected chi connectivity index (χ0v) is 14.9. The van der Waals surface area contributed by atoms with Gasteiger partial charge >= 0.3 is 6.61 Å². The Labute approximate surface area is 154 Å². The van der Waals surface area contributed by atoms with E-state index in [0.29, 0.717) is 17.3 Å². The third-order valence-corrected chi connectivity index (χ3v) is 5.59. The number of benzene rings is 2. The van der Waals surface area contributed by atoms with Gasteiger partial charge in [0.05, 0.1) is 5.25 Å². The number of thioether (sulfide) groups is 1. The van der Waals surface area contributed by atoms with Crippen molar-refractivity contribution in [1.29, 1.82) is 0 Å². The third kappa shape index (κ3) is 4.68. The van der Waals surface area contributed by atoms with Crippen LogP contribution in [0.5, 0.6) is 5.75 Å². The monoisotopic (exact) mass is 381 g/mol. The van der Waals surface area contributed by atoms with Crippen LogP contribution in [0, 0.1) is 0 Å². The molecule has 1 heterocycles. The molecule has 1 fully saturated rings. The molecule has 0 spiro atoms. The number of ether oxygens (including phenoxy) is 1. The van der Waals surface area contributed by atoms with Gasteiger partial charge in [0.25, 0.3) is 0 Å². The number of thiocarbonyl (C=S) groups is 1. The van der Waals surface area contributed by atoms with Gasteiger partial charge in [0.15, 0.2) is 0 Å². The first-order chi connectivity index (χ1) is 12.0. The highest BCUT2D eigenvalue weighted by Crippen LogP contribution is 2.34. The number of hydrogen-bond donors (Lipinski definition) is 1. The molecule has 1 N–H and O–H groups in total. The Morgan fingerprint density at radius 2 is 1.76 bits per heavy atom. The molecule has 2 aromatic rings. The predicted molar refractivity (Wildman–Crippen MR) is 98.7 cm³/mol. The maximum absolute atomic E-state index is 12.2. The van der Waals surface area contributed by atoms with Crippen LogP contribution in [-0.4, -0.2) is 32.4 Å². The maximum Gasteiger partial charge on any atom is 0.387 e. The summed E-state index contributed by atoms with van der Waals surface area (Å²) in [5.74, 6) is 0.125. The molecular formula is C18H17F2NO2S2. The van der Waals surface area contributed by atoms with E-state index in [2.05, 4.69) is 4.74 Å². The molecule has 0 bridgehead atoms. The average Bonchev–Trinajstić information content (AvgIpc) is 2.85. The average molecular weight is 381 g/mol. The van der Waals surface area contributed by atoms with Crippen LogP contribution in [0.4, 0.5) is 8.78 Å². The molecule has 132 valence electrons. The van der Waals surface area contributed by atoms with Gasteiger partial charge in [-0.1, -0.05) is 66.4 Å². The van der Waals surface area contributed by atoms with Crippen molar-refractivity contribution in [2.24, 2.45) is 0 Å². The van der Waals surface area contributed by atoms with Crippen molar-refractivity contribution in [3.05, 3.63) is 65.7 Å². The lowest BCUT2D eigenvalue weighted by Crippen LogP contribution is -2.36. The Balaban J connectivity index is 1.62. The summed E-state index contributed by atoms with van der Waals surface area (Å²) < 4.78 is 29.4. The molecule has 0 aromatic heterocycles. The number of nitrogens with zero attached hydrogens (tertiary/aromatic N) is 1. The SMILES string of the molecule is O[C@H]1[C@@H](Cc2ccc(OC(F)F)cc2)SC(=S)N1Cc1ccccc1. The van der Waals surface area contributed by atoms with Crippen LogP contribution < -0.4 is 4.74 Å². The summed E-state index contributed by atoms with van der Waals surface area (Å²) in [5.41, 5.74) is 2.01. The van der Waals surface area contributed by atoms with E-state index in [9.17, 15) is 13.9 Å². The molecule has 2 atom stereocenters. The molecule has 0 unspecified atom stereocenters. The highest BCUT2D eigenvalue weighted by Gasteiger charge is 2.36. The number of rotatable bonds is 6. The topological polar surface area (TPSA) is 32.7 Å². The molecule has 0 aliphatic carbocycles. The summed E-state index contributed by atoms with van der Waals surface area (Å²) in [5, 5.41) is 10.5. The van der Waals surface area contributed by atoms with Gasteiger partial charge in [-0.3, -0.25) is 0 Å². The Morgan fingerprint density at radius 1 is 1.08 bits per heavy atom. The highest BCUT2D eigenvalue weighted by atomic mass is 32.2. The van der Waals surface area contributed by atoms with Crippen molar-refractivity contribution in [3.63, 3.8) is 0 Å². The van der Waals surface area contributed by atoms with Gasteiger partial charge in [-0.2, -0.15) is 8.78 Å². The number of aliphatic hydroxyl groups is 1. The Morgan fingerprint density at radius 3 is 2.40 bits per heavy atom. The first-order valence-electron chi connectivity index (χ1n) is 7.76. The van der Waals surface area contributed by atoms with Crippen LogP contribution >= 0.6 is 24.0 Å². The molecule has 0 amide bonds. The summed E-state index contributed by atoms with van der Waals surface area (Å²) in [6, 6.07) is 16.3. The number of hydrogen-bond acceptors (Lipinski definition) is 4. The van der Waals surface area contributed by atoms with Crippen LogP contribution in [-0.2, 0) is 13.0 Å². The largest absolute Gasteiger partial charge is 0.435 e. The van der Waals surface area contributed by atoms with E-state index in [1.165, 1.54) is 23.9 Å². The second-order valence-electron chi connectivity index (χ2n) is 5.68. The van der Waals surface area contributed by atoms with E-state index >= 15 is 0 Å². The molecule has 0 radical (unpaired) electrons. The molecule has 3 rings (SSSR count). The van der Waals surface area contributed by atoms with Gasteiger partial charge in [-0.25, -0.2) is 0 Å². The lowest BCUT2D eigenvalue weighted by molar-refractivity contribution is -0.0498. The molecule has 7 heteroatoms. The summed E-state index contributed by atoms with van der Waals surface area (Å²) in [6.45, 7) is -2.27. The van der Waals surface area contributed by atoms with Crippen molar-refractivity contribution < 1.29 is 18.6 Å². The van der Waals surface area contributed by atoms with Crippen molar-refractivity contribution in [2.75, 3.05) is 0 Å². The van der Waals surface area contributed by atoms with E-state index in [4.69, 9.17) is 12.2 Å². The minimum Gasteiger partial charge on any atom is -0.435 e. The fourth-order valence-corrected chi connectivity index (χ4v) is 4.35. The molecule has 1 aliphatic rings. The van der Waals surface area contributed by atoms with Gasteiger partial charge in [-0.15, -0.1) is 0 Å². The lowest BCUT2D eigenvalue weighted by atomic mass is 10.1. The van der Waals surface area contributed by atoms with Crippen molar-refractivity contribution >= 4 is 28.3 Å². The zero-order valence-electron chi connectivity index (χ0n) is 13.2. The lowest BCUT2D eigenvalue weighted by Gasteiger charge is -2.24. The Bertz CT molecular complexity index is 713. The molecular weight excluding hydrogens is 364 g/mol. The van der Waals surface area contributed by atoms with Crippen LogP contribution in [0.3, 0.4) is 0 Å². The first-order valence-corrected chi connectivity index (χ1v) is 9.05. The fraction of sp³-hybridized carbons (Fsp3) is 0.278. The standard InChI is InChI=1S/C18H17F2NO2S2/c19-17(20)23-14-8-6-12(7-9-14)10-15-16(22)21(18(24)25-15)11-13-4-2-1-3-5-13/h1-9,15-17,22H,10-11H2/t15-,16+/m1/s1. The summed E-state index contributed by atoms with van der Waals surface area (Å²) in [6.07, 6.45) is -0.0960. The number of halogens is 2. The summed E-state index contributed by atoms with van der Waals surface area (Å²) >= 11 is 6.87. The molecule has 1 saturated heterocycles. The third-order valence-electron chi connectivity index (χ3n) is 3.92. The number of alkyl halides is 2. The van der Waals surface area contributed by atoms with Crippen LogP contribution in [0.15, 0.2) is 54.6 Å². The van der Waals surface area contributed by atoms with Gasteiger partial charge in [0.1, 0.15) is 16.3 Å². The van der Waals surface area contributed by atoms with Gasteiger partial charge in [0, 0.05) is 6.54 Å². The molecule has 2 aromatic carbocycles. The fourth-order valence-electron chi connectivity index (χ4n) is 2.69. The normalized spacial score (nSPS) is 20.3. The molecule has 25 heavy (non-hydrogen) atoms. The van der Waals surface area contributed by atoms with Crippen molar-refractivity contribution in [1.82, 2.24) is 4.90 Å². The second kappa shape index (κ2) is 8.12. The molecule has 3 nitrogen and oxygen atoms in total. The quantitative estimate of drug-likeness (QED) is 0.764. The Hall–Kier alpha value is -1.70. The van der Waals surface area contributed by atoms with Crippen LogP contribution in [0.25, 0.3) is 0 Å². The van der Waals surface area contributed by atoms with Gasteiger partial charge < -0.3 is 14.7 Å². The minimum atomic E-state index is -2.83. The van der Waals surface area contributed by atoms with Crippen molar-refractivity contribution in [2.45, 2.75) is 31.1 Å². The first kappa shape index (κ1) is 18.1. The van der Waals surface area contributed by atoms with Gasteiger partial charge in [0.2, 0.25) is 0 Å². The Kier molecular flexibility index (Phi) is 5.88. The van der Waals surface area contributed by atoms with Crippen LogP contribution in [0.1, 0.15) is 11.1 Å². The van der Waals surface area contributed by atoms with Crippen molar-refractivity contribution in [3.8, 4) is 5.75 Å². The van der Waals surface area contributed by atoms with E-state index in [1.54, 1.807) is 12.1 Å². The molecule has 0 saturated carbocycles. The maximum atomic E-state index is 12.2. The smallest absolute Gasteiger partial charge is 0.387 e. The summed E-state index contributed by atoms with van der Waals surface area (Å²) in [7, 11) is 0. The van der Waals surface area contributed by atoms with E-state index in [0.717, 1.165) is 11.1 Å². The van der Waals surface area contributed by atoms with E-state index in [1.807, 2.05) is 35.2 Å². The van der Waals surface area contributed by atoms with Crippen LogP contribution in [0.2, 0.25) is 0 Å². The number of aliphatic hydroxyl groups excluding tert-OH is 1. The highest BCUT2D eigenvalue weighted by molar-refractivity contribution is 8.23. The zero-order chi connectivity index (χ0) is 17.8. The second-order valence-corrected chi connectivity index (χ2v) is 7.55. The van der Waals surface area contributed by atoms with E-state index in [-0.39, 0.29) is 11.0 Å². The minimum absolute atomic E-state index is 0.0990. The molecule has 1 aliphatic heterocycles. The van der Waals surface area contributed by atoms with Gasteiger partial charge in [-0.05, 0) is 29.7 Å². The van der Waals surface area contributed by atoms with E-state index < -0.39 is 12.8 Å². The summed E-state index contributed by atoms with van der Waals surface area (Å²) in [4.78, 5) is 1.81. The predicted octanol–water partition coefficient (Wildman–Crippen LogP) is 4.05.